The summed E-state index contributed by atoms with van der Waals surface area (Å²) in [5.41, 5.74) is 5.33. The Balaban J connectivity index is 2.17. The van der Waals surface area contributed by atoms with Crippen molar-refractivity contribution < 1.29 is 5.11 Å². The van der Waals surface area contributed by atoms with Gasteiger partial charge in [-0.1, -0.05) is 0 Å². The predicted octanol–water partition coefficient (Wildman–Crippen LogP) is 2.19. The van der Waals surface area contributed by atoms with Gasteiger partial charge in [0.15, 0.2) is 5.82 Å². The van der Waals surface area contributed by atoms with Crippen molar-refractivity contribution in [3.8, 4) is 0 Å². The summed E-state index contributed by atoms with van der Waals surface area (Å²) in [5.74, 6) is 0.633. The molecule has 1 unspecified atom stereocenters. The maximum absolute atomic E-state index is 10.1. The number of thioether (sulfide) groups is 1. The van der Waals surface area contributed by atoms with Crippen molar-refractivity contribution in [2.75, 3.05) is 30.0 Å². The zero-order valence-electron chi connectivity index (χ0n) is 10.3. The highest BCUT2D eigenvalue weighted by molar-refractivity contribution is 7.99. The molecule has 17 heavy (non-hydrogen) atoms. The summed E-state index contributed by atoms with van der Waals surface area (Å²) in [6, 6.07) is 0. The van der Waals surface area contributed by atoms with Gasteiger partial charge >= 0.3 is 0 Å². The Hall–Kier alpha value is -0.460. The van der Waals surface area contributed by atoms with Gasteiger partial charge in [-0.25, -0.2) is 0 Å². The summed E-state index contributed by atoms with van der Waals surface area (Å²) in [5, 5.41) is 11.2. The smallest absolute Gasteiger partial charge is 0.153 e. The van der Waals surface area contributed by atoms with Crippen molar-refractivity contribution in [1.82, 2.24) is 4.37 Å². The van der Waals surface area contributed by atoms with Crippen molar-refractivity contribution in [3.05, 3.63) is 0 Å². The monoisotopic (exact) mass is 273 g/mol. The minimum atomic E-state index is -0.523. The number of aromatic nitrogens is 1. The van der Waals surface area contributed by atoms with E-state index in [1.807, 2.05) is 13.2 Å². The standard InChI is InChI=1S/C11H19N3OS2/c1-11(15)4-3-6-14(7-5-11)10-8(16-2)9(12)13-17-10/h15H,3-7H2,1-2H3,(H2,12,13). The van der Waals surface area contributed by atoms with Crippen LogP contribution in [0.25, 0.3) is 0 Å². The van der Waals surface area contributed by atoms with Crippen LogP contribution in [0.3, 0.4) is 0 Å². The second kappa shape index (κ2) is 5.04. The van der Waals surface area contributed by atoms with Crippen LogP contribution in [0.2, 0.25) is 0 Å². The van der Waals surface area contributed by atoms with Crippen LogP contribution in [0.4, 0.5) is 10.8 Å². The molecule has 96 valence electrons. The summed E-state index contributed by atoms with van der Waals surface area (Å²) in [7, 11) is 0. The first kappa shape index (κ1) is 13.0. The molecular weight excluding hydrogens is 254 g/mol. The SMILES string of the molecule is CSc1c(N)nsc1N1CCCC(C)(O)CC1. The second-order valence-electron chi connectivity index (χ2n) is 4.74. The van der Waals surface area contributed by atoms with E-state index < -0.39 is 5.60 Å². The zero-order chi connectivity index (χ0) is 12.5. The molecule has 1 aromatic heterocycles. The van der Waals surface area contributed by atoms with E-state index in [0.717, 1.165) is 42.2 Å². The van der Waals surface area contributed by atoms with E-state index in [0.29, 0.717) is 5.82 Å². The van der Waals surface area contributed by atoms with Crippen molar-refractivity contribution in [2.24, 2.45) is 0 Å². The van der Waals surface area contributed by atoms with Gasteiger partial charge in [0.25, 0.3) is 0 Å². The molecule has 0 spiro atoms. The van der Waals surface area contributed by atoms with Crippen molar-refractivity contribution in [3.63, 3.8) is 0 Å². The summed E-state index contributed by atoms with van der Waals surface area (Å²) in [4.78, 5) is 3.39. The summed E-state index contributed by atoms with van der Waals surface area (Å²) >= 11 is 3.11. The van der Waals surface area contributed by atoms with Gasteiger partial charge in [-0.3, -0.25) is 0 Å². The molecular formula is C11H19N3OS2. The third kappa shape index (κ3) is 2.86. The van der Waals surface area contributed by atoms with Gasteiger partial charge < -0.3 is 15.7 Å². The van der Waals surface area contributed by atoms with E-state index in [-0.39, 0.29) is 0 Å². The fraction of sp³-hybridized carbons (Fsp3) is 0.727. The predicted molar refractivity (Wildman–Crippen MR) is 75.0 cm³/mol. The first-order valence-electron chi connectivity index (χ1n) is 5.80. The van der Waals surface area contributed by atoms with Gasteiger partial charge in [-0.2, -0.15) is 4.37 Å². The number of nitrogens with two attached hydrogens (primary N) is 1. The number of rotatable bonds is 2. The van der Waals surface area contributed by atoms with E-state index >= 15 is 0 Å². The Morgan fingerprint density at radius 1 is 1.47 bits per heavy atom. The minimum Gasteiger partial charge on any atom is -0.390 e. The Morgan fingerprint density at radius 2 is 2.24 bits per heavy atom. The van der Waals surface area contributed by atoms with Gasteiger partial charge in [0.2, 0.25) is 0 Å². The molecule has 3 N–H and O–H groups in total. The Bertz CT molecular complexity index is 392. The second-order valence-corrected chi connectivity index (χ2v) is 6.31. The van der Waals surface area contributed by atoms with Crippen molar-refractivity contribution in [2.45, 2.75) is 36.7 Å². The van der Waals surface area contributed by atoms with Crippen LogP contribution in [0.5, 0.6) is 0 Å². The molecule has 4 nitrogen and oxygen atoms in total. The average molecular weight is 273 g/mol. The Kier molecular flexibility index (Phi) is 3.85. The van der Waals surface area contributed by atoms with Crippen LogP contribution in [0.1, 0.15) is 26.2 Å². The molecule has 1 atom stereocenters. The lowest BCUT2D eigenvalue weighted by Crippen LogP contribution is -2.28. The lowest BCUT2D eigenvalue weighted by molar-refractivity contribution is 0.0481. The molecule has 0 aliphatic carbocycles. The van der Waals surface area contributed by atoms with E-state index in [2.05, 4.69) is 9.27 Å². The molecule has 6 heteroatoms. The first-order chi connectivity index (χ1) is 8.03. The highest BCUT2D eigenvalue weighted by atomic mass is 32.2. The fourth-order valence-electron chi connectivity index (χ4n) is 2.14. The molecule has 1 fully saturated rings. The molecule has 2 rings (SSSR count). The van der Waals surface area contributed by atoms with E-state index in [1.165, 1.54) is 11.5 Å². The van der Waals surface area contributed by atoms with Crippen LogP contribution in [0.15, 0.2) is 4.90 Å². The maximum Gasteiger partial charge on any atom is 0.153 e. The Labute approximate surface area is 110 Å². The quantitative estimate of drug-likeness (QED) is 0.809. The summed E-state index contributed by atoms with van der Waals surface area (Å²) in [6.07, 6.45) is 4.71. The van der Waals surface area contributed by atoms with Gasteiger partial charge in [0.05, 0.1) is 10.5 Å². The number of nitrogens with zero attached hydrogens (tertiary/aromatic N) is 2. The van der Waals surface area contributed by atoms with E-state index in [9.17, 15) is 5.11 Å². The van der Waals surface area contributed by atoms with Crippen LogP contribution < -0.4 is 10.6 Å². The normalized spacial score (nSPS) is 25.9. The molecule has 1 aliphatic heterocycles. The number of nitrogen functional groups attached to an aromatic ring is 1. The molecule has 0 saturated carbocycles. The highest BCUT2D eigenvalue weighted by Gasteiger charge is 2.27. The molecule has 0 radical (unpaired) electrons. The third-order valence-electron chi connectivity index (χ3n) is 3.21. The topological polar surface area (TPSA) is 62.4 Å². The summed E-state index contributed by atoms with van der Waals surface area (Å²) < 4.78 is 4.22. The highest BCUT2D eigenvalue weighted by Crippen LogP contribution is 2.38. The van der Waals surface area contributed by atoms with E-state index in [4.69, 9.17) is 5.73 Å². The number of anilines is 2. The molecule has 0 aromatic carbocycles. The van der Waals surface area contributed by atoms with E-state index in [1.54, 1.807) is 11.8 Å². The zero-order valence-corrected chi connectivity index (χ0v) is 11.9. The first-order valence-corrected chi connectivity index (χ1v) is 7.80. The van der Waals surface area contributed by atoms with Gasteiger partial charge in [0.1, 0.15) is 5.00 Å². The van der Waals surface area contributed by atoms with Crippen LogP contribution in [-0.4, -0.2) is 34.4 Å². The summed E-state index contributed by atoms with van der Waals surface area (Å²) in [6.45, 7) is 3.78. The van der Waals surface area contributed by atoms with Crippen LogP contribution in [-0.2, 0) is 0 Å². The lowest BCUT2D eigenvalue weighted by atomic mass is 9.98. The molecule has 0 bridgehead atoms. The van der Waals surface area contributed by atoms with Crippen molar-refractivity contribution >= 4 is 34.1 Å². The molecule has 1 aromatic rings. The molecule has 1 aliphatic rings. The number of hydrogen-bond acceptors (Lipinski definition) is 6. The van der Waals surface area contributed by atoms with Gasteiger partial charge in [0, 0.05) is 13.1 Å². The third-order valence-corrected chi connectivity index (χ3v) is 5.08. The minimum absolute atomic E-state index is 0.523. The molecule has 1 saturated heterocycles. The Morgan fingerprint density at radius 3 is 2.94 bits per heavy atom. The molecule has 2 heterocycles. The number of aliphatic hydroxyl groups is 1. The number of hydrogen-bond donors (Lipinski definition) is 2. The van der Waals surface area contributed by atoms with Crippen LogP contribution in [0, 0.1) is 0 Å². The maximum atomic E-state index is 10.1. The average Bonchev–Trinajstić information content (AvgIpc) is 2.54. The van der Waals surface area contributed by atoms with Crippen LogP contribution >= 0.6 is 23.3 Å². The van der Waals surface area contributed by atoms with Crippen molar-refractivity contribution in [1.29, 1.82) is 0 Å². The largest absolute Gasteiger partial charge is 0.390 e. The van der Waals surface area contributed by atoms with Gasteiger partial charge in [-0.05, 0) is 44.0 Å². The van der Waals surface area contributed by atoms with Gasteiger partial charge in [-0.15, -0.1) is 11.8 Å². The molecule has 0 amide bonds. The lowest BCUT2D eigenvalue weighted by Gasteiger charge is -2.23. The fourth-order valence-corrected chi connectivity index (χ4v) is 3.88.